The number of anilines is 1. The highest BCUT2D eigenvalue weighted by Gasteiger charge is 2.51. The number of urea groups is 1. The molecule has 36 heavy (non-hydrogen) atoms. The Bertz CT molecular complexity index is 1060. The maximum Gasteiger partial charge on any atom is 0.326 e. The Morgan fingerprint density at radius 3 is 2.72 bits per heavy atom. The van der Waals surface area contributed by atoms with Gasteiger partial charge >= 0.3 is 6.03 Å². The number of nitrogens with zero attached hydrogens (tertiary/aromatic N) is 2. The number of hydrogen-bond donors (Lipinski definition) is 3. The topological polar surface area (TPSA) is 103 Å². The normalized spacial score (nSPS) is 27.6. The molecule has 0 aromatic heterocycles. The number of amides is 4. The molecule has 10 heteroatoms. The minimum atomic E-state index is -0.213. The lowest BCUT2D eigenvalue weighted by molar-refractivity contribution is -0.133. The highest BCUT2D eigenvalue weighted by molar-refractivity contribution is 8.04. The molecule has 9 nitrogen and oxygen atoms in total. The number of ether oxygens (including phenoxy) is 1. The zero-order chi connectivity index (χ0) is 25.4. The van der Waals surface area contributed by atoms with Gasteiger partial charge in [-0.25, -0.2) is 4.79 Å². The number of thioether (sulfide) groups is 1. The smallest absolute Gasteiger partial charge is 0.326 e. The summed E-state index contributed by atoms with van der Waals surface area (Å²) in [7, 11) is 0. The van der Waals surface area contributed by atoms with Crippen LogP contribution in [0.3, 0.4) is 0 Å². The van der Waals surface area contributed by atoms with E-state index in [0.717, 1.165) is 49.5 Å². The second-order valence-electron chi connectivity index (χ2n) is 10.1. The molecule has 4 aliphatic rings. The molecule has 1 aromatic rings. The number of likely N-dealkylation sites (tertiary alicyclic amines) is 1. The van der Waals surface area contributed by atoms with E-state index >= 15 is 0 Å². The first-order valence-corrected chi connectivity index (χ1v) is 13.8. The van der Waals surface area contributed by atoms with Gasteiger partial charge in [0.05, 0.1) is 22.4 Å². The van der Waals surface area contributed by atoms with Gasteiger partial charge in [0.15, 0.2) is 0 Å². The molecule has 0 aliphatic carbocycles. The van der Waals surface area contributed by atoms with Gasteiger partial charge in [-0.1, -0.05) is 18.7 Å². The zero-order valence-electron chi connectivity index (χ0n) is 21.1. The summed E-state index contributed by atoms with van der Waals surface area (Å²) in [5.41, 5.74) is 1.54. The molecule has 4 heterocycles. The van der Waals surface area contributed by atoms with Crippen LogP contribution in [0.1, 0.15) is 46.5 Å². The number of carbonyl (C=O) groups is 3. The van der Waals surface area contributed by atoms with E-state index in [2.05, 4.69) is 16.0 Å². The number of piperidine rings is 2. The van der Waals surface area contributed by atoms with Crippen molar-refractivity contribution in [2.45, 2.75) is 70.0 Å². The first-order chi connectivity index (χ1) is 17.4. The molecular weight excluding hydrogens is 478 g/mol. The van der Waals surface area contributed by atoms with Crippen LogP contribution in [0.25, 0.3) is 0 Å². The summed E-state index contributed by atoms with van der Waals surface area (Å²) >= 11 is 1.50. The van der Waals surface area contributed by atoms with Crippen LogP contribution in [-0.4, -0.2) is 65.9 Å². The van der Waals surface area contributed by atoms with Crippen LogP contribution in [-0.2, 0) is 9.59 Å². The third-order valence-corrected chi connectivity index (χ3v) is 8.60. The summed E-state index contributed by atoms with van der Waals surface area (Å²) in [6.07, 6.45) is 3.07. The van der Waals surface area contributed by atoms with Crippen molar-refractivity contribution in [1.29, 1.82) is 0 Å². The van der Waals surface area contributed by atoms with Crippen LogP contribution >= 0.6 is 11.8 Å². The minimum absolute atomic E-state index is 0.00156. The van der Waals surface area contributed by atoms with Gasteiger partial charge in [-0.2, -0.15) is 0 Å². The lowest BCUT2D eigenvalue weighted by Crippen LogP contribution is -2.62. The molecule has 5 rings (SSSR count). The Kier molecular flexibility index (Phi) is 7.16. The number of rotatable bonds is 6. The Balaban J connectivity index is 1.34. The van der Waals surface area contributed by atoms with Crippen LogP contribution in [0, 0.1) is 5.92 Å². The highest BCUT2D eigenvalue weighted by atomic mass is 32.2. The van der Waals surface area contributed by atoms with Crippen LogP contribution in [0.15, 0.2) is 34.9 Å². The maximum atomic E-state index is 13.4. The van der Waals surface area contributed by atoms with Crippen molar-refractivity contribution in [3.63, 3.8) is 0 Å². The van der Waals surface area contributed by atoms with Gasteiger partial charge in [-0.3, -0.25) is 14.5 Å². The molecule has 3 unspecified atom stereocenters. The quantitative estimate of drug-likeness (QED) is 0.541. The molecule has 4 amide bonds. The highest BCUT2D eigenvalue weighted by Crippen LogP contribution is 2.48. The Morgan fingerprint density at radius 2 is 2.00 bits per heavy atom. The summed E-state index contributed by atoms with van der Waals surface area (Å²) in [6.45, 7) is 7.88. The van der Waals surface area contributed by atoms with Crippen molar-refractivity contribution in [3.8, 4) is 5.75 Å². The molecule has 0 radical (unpaired) electrons. The van der Waals surface area contributed by atoms with E-state index in [1.165, 1.54) is 11.8 Å². The summed E-state index contributed by atoms with van der Waals surface area (Å²) in [5.74, 6) is 0.725. The van der Waals surface area contributed by atoms with E-state index in [1.54, 1.807) is 0 Å². The predicted molar refractivity (Wildman–Crippen MR) is 140 cm³/mol. The number of hydrogen-bond acceptors (Lipinski definition) is 6. The second-order valence-corrected chi connectivity index (χ2v) is 11.2. The van der Waals surface area contributed by atoms with E-state index in [4.69, 9.17) is 4.74 Å². The minimum Gasteiger partial charge on any atom is -0.491 e. The van der Waals surface area contributed by atoms with Gasteiger partial charge in [0.1, 0.15) is 5.75 Å². The molecule has 3 fully saturated rings. The van der Waals surface area contributed by atoms with Crippen molar-refractivity contribution < 1.29 is 19.1 Å². The van der Waals surface area contributed by atoms with Gasteiger partial charge in [-0.05, 0) is 63.9 Å². The van der Waals surface area contributed by atoms with Gasteiger partial charge < -0.3 is 25.6 Å². The Labute approximate surface area is 216 Å². The van der Waals surface area contributed by atoms with E-state index < -0.39 is 0 Å². The number of nitrogens with one attached hydrogen (secondary N) is 3. The fraction of sp³-hybridized carbons (Fsp3) is 0.577. The molecule has 4 aliphatic heterocycles. The third kappa shape index (κ3) is 4.80. The first kappa shape index (κ1) is 25.0. The molecule has 4 atom stereocenters. The van der Waals surface area contributed by atoms with Crippen molar-refractivity contribution >= 4 is 35.3 Å². The van der Waals surface area contributed by atoms with Crippen LogP contribution in [0.4, 0.5) is 10.5 Å². The monoisotopic (exact) mass is 513 g/mol. The average Bonchev–Trinajstić information content (AvgIpc) is 3.24. The summed E-state index contributed by atoms with van der Waals surface area (Å²) in [6, 6.07) is 7.30. The largest absolute Gasteiger partial charge is 0.491 e. The standard InChI is InChI=1S/C26H35N5O4S/c1-4-20(32)30-13-5-6-16(14-30)28-24(33)23-22-21-19(11-12-27-25(21)36-23)31(26(34)29-22)17-7-9-18(10-8-17)35-15(2)3/h7-10,15-16,19,21,25,27H,4-6,11-14H2,1-3H3,(H,28,33)(H,29,34)/t16-,19?,21?,25?/m1/s1. The van der Waals surface area contributed by atoms with Gasteiger partial charge in [0, 0.05) is 42.9 Å². The Morgan fingerprint density at radius 1 is 1.22 bits per heavy atom. The molecule has 1 aromatic carbocycles. The lowest BCUT2D eigenvalue weighted by Gasteiger charge is -2.45. The van der Waals surface area contributed by atoms with Crippen LogP contribution < -0.4 is 25.6 Å². The molecule has 0 bridgehead atoms. The molecule has 0 spiro atoms. The summed E-state index contributed by atoms with van der Waals surface area (Å²) in [5, 5.41) is 9.76. The summed E-state index contributed by atoms with van der Waals surface area (Å²) in [4.78, 5) is 43.1. The fourth-order valence-electron chi connectivity index (χ4n) is 5.68. The van der Waals surface area contributed by atoms with Crippen LogP contribution in [0.2, 0.25) is 0 Å². The van der Waals surface area contributed by atoms with E-state index in [-0.39, 0.29) is 47.3 Å². The number of benzene rings is 1. The first-order valence-electron chi connectivity index (χ1n) is 13.0. The van der Waals surface area contributed by atoms with Crippen molar-refractivity contribution in [1.82, 2.24) is 20.9 Å². The van der Waals surface area contributed by atoms with Crippen molar-refractivity contribution in [2.24, 2.45) is 5.92 Å². The predicted octanol–water partition coefficient (Wildman–Crippen LogP) is 2.78. The summed E-state index contributed by atoms with van der Waals surface area (Å²) < 4.78 is 5.76. The van der Waals surface area contributed by atoms with Crippen molar-refractivity contribution in [3.05, 3.63) is 34.9 Å². The van der Waals surface area contributed by atoms with E-state index in [9.17, 15) is 14.4 Å². The Hall–Kier alpha value is -2.72. The average molecular weight is 514 g/mol. The van der Waals surface area contributed by atoms with E-state index in [0.29, 0.717) is 17.9 Å². The van der Waals surface area contributed by atoms with Gasteiger partial charge in [0.25, 0.3) is 5.91 Å². The molecule has 3 saturated heterocycles. The van der Waals surface area contributed by atoms with Crippen molar-refractivity contribution in [2.75, 3.05) is 24.5 Å². The molecule has 194 valence electrons. The molecule has 0 saturated carbocycles. The fourth-order valence-corrected chi connectivity index (χ4v) is 7.08. The van der Waals surface area contributed by atoms with Gasteiger partial charge in [0.2, 0.25) is 5.91 Å². The van der Waals surface area contributed by atoms with Gasteiger partial charge in [-0.15, -0.1) is 0 Å². The zero-order valence-corrected chi connectivity index (χ0v) is 21.9. The second kappa shape index (κ2) is 10.3. The number of carbonyl (C=O) groups excluding carboxylic acids is 3. The third-order valence-electron chi connectivity index (χ3n) is 7.25. The maximum absolute atomic E-state index is 13.4. The lowest BCUT2D eigenvalue weighted by atomic mass is 9.86. The SMILES string of the molecule is CCC(=O)N1CCC[C@@H](NC(=O)C2=C3NC(=O)N(c4ccc(OC(C)C)cc4)C4CCNC(S2)C34)C1. The van der Waals surface area contributed by atoms with E-state index in [1.807, 2.05) is 54.8 Å². The van der Waals surface area contributed by atoms with Crippen LogP contribution in [0.5, 0.6) is 5.75 Å². The molecule has 3 N–H and O–H groups in total. The molecular formula is C26H35N5O4S.